The minimum atomic E-state index is -2.98. The normalized spacial score (nSPS) is 23.7. The van der Waals surface area contributed by atoms with Gasteiger partial charge in [-0.25, -0.2) is 13.2 Å². The Hall–Kier alpha value is -2.05. The molecule has 3 rings (SSSR count). The highest BCUT2D eigenvalue weighted by atomic mass is 19.3. The summed E-state index contributed by atoms with van der Waals surface area (Å²) in [5, 5.41) is 0. The molecule has 4 nitrogen and oxygen atoms in total. The van der Waals surface area contributed by atoms with Crippen LogP contribution in [0.1, 0.15) is 61.3 Å². The van der Waals surface area contributed by atoms with Gasteiger partial charge in [0, 0.05) is 18.5 Å². The van der Waals surface area contributed by atoms with Crippen LogP contribution in [0.4, 0.5) is 13.2 Å². The molecule has 0 radical (unpaired) electrons. The van der Waals surface area contributed by atoms with Gasteiger partial charge in [0.2, 0.25) is 0 Å². The standard InChI is InChI=1S/C17H18F3NO3.C2H6/c1-3-13(18)10-4-5-11-12(6-10)16(8-17(16,19)20)9-21(15(11)23)7-14(22)24-2;1-2/h4-6,13H,3,7-9H2,1-2H3;1-2H3. The van der Waals surface area contributed by atoms with Gasteiger partial charge >= 0.3 is 5.97 Å². The van der Waals surface area contributed by atoms with Crippen molar-refractivity contribution in [3.63, 3.8) is 0 Å². The first kappa shape index (κ1) is 20.3. The van der Waals surface area contributed by atoms with Crippen molar-refractivity contribution >= 4 is 11.9 Å². The van der Waals surface area contributed by atoms with Gasteiger partial charge in [-0.15, -0.1) is 0 Å². The fourth-order valence-corrected chi connectivity index (χ4v) is 3.37. The van der Waals surface area contributed by atoms with Crippen LogP contribution >= 0.6 is 0 Å². The lowest BCUT2D eigenvalue weighted by Gasteiger charge is -2.34. The second-order valence-corrected chi connectivity index (χ2v) is 6.38. The van der Waals surface area contributed by atoms with Crippen LogP contribution in [0.5, 0.6) is 0 Å². The fourth-order valence-electron chi connectivity index (χ4n) is 3.37. The number of fused-ring (bicyclic) bond motifs is 2. The van der Waals surface area contributed by atoms with Gasteiger partial charge in [-0.3, -0.25) is 9.59 Å². The van der Waals surface area contributed by atoms with Crippen molar-refractivity contribution in [3.8, 4) is 0 Å². The maximum atomic E-state index is 14.1. The molecule has 1 aliphatic carbocycles. The molecule has 144 valence electrons. The summed E-state index contributed by atoms with van der Waals surface area (Å²) in [5.41, 5.74) is -0.942. The Morgan fingerprint density at radius 3 is 2.46 bits per heavy atom. The third-order valence-corrected chi connectivity index (χ3v) is 4.90. The number of hydrogen-bond donors (Lipinski definition) is 0. The topological polar surface area (TPSA) is 46.6 Å². The van der Waals surface area contributed by atoms with Crippen molar-refractivity contribution in [1.82, 2.24) is 4.90 Å². The van der Waals surface area contributed by atoms with Crippen LogP contribution < -0.4 is 0 Å². The molecule has 0 saturated heterocycles. The lowest BCUT2D eigenvalue weighted by Crippen LogP contribution is -2.47. The van der Waals surface area contributed by atoms with E-state index in [0.29, 0.717) is 5.56 Å². The Bertz CT molecular complexity index is 707. The van der Waals surface area contributed by atoms with Crippen molar-refractivity contribution in [2.45, 2.75) is 51.1 Å². The molecule has 2 atom stereocenters. The summed E-state index contributed by atoms with van der Waals surface area (Å²) >= 11 is 0. The van der Waals surface area contributed by atoms with Crippen molar-refractivity contribution in [2.24, 2.45) is 0 Å². The Morgan fingerprint density at radius 1 is 1.35 bits per heavy atom. The highest BCUT2D eigenvalue weighted by molar-refractivity contribution is 5.99. The van der Waals surface area contributed by atoms with Crippen molar-refractivity contribution < 1.29 is 27.5 Å². The average molecular weight is 371 g/mol. The molecule has 1 aliphatic heterocycles. The third-order valence-electron chi connectivity index (χ3n) is 4.90. The van der Waals surface area contributed by atoms with E-state index in [1.807, 2.05) is 13.8 Å². The number of benzene rings is 1. The molecule has 1 saturated carbocycles. The van der Waals surface area contributed by atoms with Gasteiger partial charge in [0.25, 0.3) is 11.8 Å². The number of hydrogen-bond acceptors (Lipinski definition) is 3. The molecule has 7 heteroatoms. The van der Waals surface area contributed by atoms with E-state index in [1.165, 1.54) is 25.3 Å². The molecule has 1 spiro atoms. The maximum Gasteiger partial charge on any atom is 0.325 e. The quantitative estimate of drug-likeness (QED) is 0.751. The van der Waals surface area contributed by atoms with E-state index >= 15 is 0 Å². The molecule has 2 unspecified atom stereocenters. The van der Waals surface area contributed by atoms with Crippen LogP contribution in [0.25, 0.3) is 0 Å². The first-order valence-electron chi connectivity index (χ1n) is 8.78. The predicted octanol–water partition coefficient (Wildman–Crippen LogP) is 4.04. The molecule has 0 N–H and O–H groups in total. The van der Waals surface area contributed by atoms with Gasteiger partial charge in [-0.05, 0) is 23.6 Å². The Kier molecular flexibility index (Phi) is 5.68. The summed E-state index contributed by atoms with van der Waals surface area (Å²) in [7, 11) is 1.17. The zero-order valence-corrected chi connectivity index (χ0v) is 15.4. The number of methoxy groups -OCH3 is 1. The van der Waals surface area contributed by atoms with E-state index < -0.39 is 35.8 Å². The number of alkyl halides is 3. The molecule has 26 heavy (non-hydrogen) atoms. The number of esters is 1. The maximum absolute atomic E-state index is 14.1. The molecule has 1 aromatic rings. The van der Waals surface area contributed by atoms with Crippen molar-refractivity contribution in [2.75, 3.05) is 20.2 Å². The molecular weight excluding hydrogens is 347 g/mol. The van der Waals surface area contributed by atoms with Crippen LogP contribution in [0.2, 0.25) is 0 Å². The van der Waals surface area contributed by atoms with E-state index in [0.717, 1.165) is 4.90 Å². The first-order valence-corrected chi connectivity index (χ1v) is 8.78. The lowest BCUT2D eigenvalue weighted by atomic mass is 9.84. The molecule has 1 aromatic carbocycles. The van der Waals surface area contributed by atoms with Gasteiger partial charge in [0.1, 0.15) is 12.7 Å². The molecule has 0 bridgehead atoms. The monoisotopic (exact) mass is 371 g/mol. The number of halogens is 3. The summed E-state index contributed by atoms with van der Waals surface area (Å²) in [6.45, 7) is 5.01. The van der Waals surface area contributed by atoms with Gasteiger partial charge in [-0.1, -0.05) is 32.9 Å². The SMILES string of the molecule is CC.CCC(F)c1ccc2c(c1)C1(CN(CC(=O)OC)C2=O)CC1(F)F. The number of amides is 1. The summed E-state index contributed by atoms with van der Waals surface area (Å²) in [6.07, 6.45) is -1.45. The highest BCUT2D eigenvalue weighted by Gasteiger charge is 2.74. The molecule has 0 aromatic heterocycles. The Balaban J connectivity index is 0.00000117. The number of rotatable bonds is 4. The molecule has 2 aliphatic rings. The van der Waals surface area contributed by atoms with Gasteiger partial charge in [0.05, 0.1) is 12.5 Å². The van der Waals surface area contributed by atoms with Crippen LogP contribution in [-0.4, -0.2) is 42.9 Å². The molecule has 1 heterocycles. The van der Waals surface area contributed by atoms with Crippen LogP contribution in [0.3, 0.4) is 0 Å². The number of nitrogens with zero attached hydrogens (tertiary/aromatic N) is 1. The molecule has 1 fully saturated rings. The second-order valence-electron chi connectivity index (χ2n) is 6.38. The van der Waals surface area contributed by atoms with E-state index in [9.17, 15) is 22.8 Å². The zero-order chi connectivity index (χ0) is 19.7. The minimum Gasteiger partial charge on any atom is -0.468 e. The Morgan fingerprint density at radius 2 is 1.96 bits per heavy atom. The van der Waals surface area contributed by atoms with E-state index in [1.54, 1.807) is 6.92 Å². The van der Waals surface area contributed by atoms with E-state index in [4.69, 9.17) is 0 Å². The van der Waals surface area contributed by atoms with Crippen LogP contribution in [0.15, 0.2) is 18.2 Å². The predicted molar refractivity (Wildman–Crippen MR) is 91.1 cm³/mol. The zero-order valence-electron chi connectivity index (χ0n) is 15.4. The van der Waals surface area contributed by atoms with Gasteiger partial charge < -0.3 is 9.64 Å². The van der Waals surface area contributed by atoms with Crippen molar-refractivity contribution in [1.29, 1.82) is 0 Å². The Labute approximate surface area is 151 Å². The lowest BCUT2D eigenvalue weighted by molar-refractivity contribution is -0.141. The highest BCUT2D eigenvalue weighted by Crippen LogP contribution is 2.64. The van der Waals surface area contributed by atoms with Crippen LogP contribution in [-0.2, 0) is 14.9 Å². The van der Waals surface area contributed by atoms with E-state index in [-0.39, 0.29) is 30.6 Å². The third kappa shape index (κ3) is 3.19. The van der Waals surface area contributed by atoms with Crippen LogP contribution in [0, 0.1) is 0 Å². The summed E-state index contributed by atoms with van der Waals surface area (Å²) in [6, 6.07) is 4.22. The number of carbonyl (C=O) groups excluding carboxylic acids is 2. The van der Waals surface area contributed by atoms with Crippen molar-refractivity contribution in [3.05, 3.63) is 34.9 Å². The number of carbonyl (C=O) groups is 2. The first-order chi connectivity index (χ1) is 12.3. The molecular formula is C19H24F3NO3. The molecule has 1 amide bonds. The smallest absolute Gasteiger partial charge is 0.325 e. The largest absolute Gasteiger partial charge is 0.468 e. The summed E-state index contributed by atoms with van der Waals surface area (Å²) in [5.74, 6) is -4.16. The number of ether oxygens (including phenoxy) is 1. The van der Waals surface area contributed by atoms with Gasteiger partial charge in [-0.2, -0.15) is 0 Å². The summed E-state index contributed by atoms with van der Waals surface area (Å²) in [4.78, 5) is 25.1. The fraction of sp³-hybridized carbons (Fsp3) is 0.579. The van der Waals surface area contributed by atoms with Gasteiger partial charge in [0.15, 0.2) is 0 Å². The minimum absolute atomic E-state index is 0.106. The summed E-state index contributed by atoms with van der Waals surface area (Å²) < 4.78 is 46.7. The second kappa shape index (κ2) is 7.29. The average Bonchev–Trinajstić information content (AvgIpc) is 3.20. The van der Waals surface area contributed by atoms with E-state index in [2.05, 4.69) is 4.74 Å².